The number of imidazole rings is 1. The van der Waals surface area contributed by atoms with Gasteiger partial charge in [0.05, 0.1) is 37.0 Å². The second-order valence-electron chi connectivity index (χ2n) is 9.13. The summed E-state index contributed by atoms with van der Waals surface area (Å²) >= 11 is 0. The van der Waals surface area contributed by atoms with Crippen LogP contribution in [0.25, 0.3) is 11.4 Å². The lowest BCUT2D eigenvalue weighted by Gasteiger charge is -2.33. The van der Waals surface area contributed by atoms with E-state index < -0.39 is 11.6 Å². The van der Waals surface area contributed by atoms with Crippen LogP contribution in [-0.2, 0) is 16.0 Å². The molecular weight excluding hydrogens is 490 g/mol. The van der Waals surface area contributed by atoms with Crippen molar-refractivity contribution in [3.63, 3.8) is 0 Å². The van der Waals surface area contributed by atoms with Gasteiger partial charge < -0.3 is 19.4 Å². The van der Waals surface area contributed by atoms with Gasteiger partial charge in [-0.2, -0.15) is 0 Å². The normalized spacial score (nSPS) is 19.2. The Hall–Kier alpha value is -2.66. The van der Waals surface area contributed by atoms with Crippen LogP contribution < -0.4 is 5.32 Å². The largest absolute Gasteiger partial charge is 0.381 e. The molecule has 0 bridgehead atoms. The highest BCUT2D eigenvalue weighted by molar-refractivity contribution is 5.85. The van der Waals surface area contributed by atoms with Gasteiger partial charge in [-0.15, -0.1) is 12.4 Å². The van der Waals surface area contributed by atoms with Crippen molar-refractivity contribution in [2.75, 3.05) is 38.3 Å². The van der Waals surface area contributed by atoms with Crippen LogP contribution in [0.1, 0.15) is 37.2 Å². The third-order valence-electron chi connectivity index (χ3n) is 6.70. The summed E-state index contributed by atoms with van der Waals surface area (Å²) < 4.78 is 42.7. The number of aromatic nitrogens is 4. The summed E-state index contributed by atoms with van der Waals surface area (Å²) in [5, 5.41) is 2.91. The minimum absolute atomic E-state index is 0. The first-order valence-corrected chi connectivity index (χ1v) is 12.0. The number of halogens is 3. The molecule has 2 fully saturated rings. The molecule has 0 amide bonds. The molecular formula is C25H31ClF2N6O2. The van der Waals surface area contributed by atoms with Gasteiger partial charge in [0.15, 0.2) is 5.82 Å². The summed E-state index contributed by atoms with van der Waals surface area (Å²) in [7, 11) is 0. The zero-order chi connectivity index (χ0) is 24.4. The van der Waals surface area contributed by atoms with E-state index in [0.717, 1.165) is 37.0 Å². The van der Waals surface area contributed by atoms with E-state index in [1.807, 2.05) is 17.6 Å². The molecule has 1 atom stereocenters. The van der Waals surface area contributed by atoms with E-state index in [2.05, 4.69) is 32.1 Å². The Morgan fingerprint density at radius 1 is 1.06 bits per heavy atom. The molecule has 8 nitrogen and oxygen atoms in total. The average Bonchev–Trinajstić information content (AvgIpc) is 3.25. The number of rotatable bonds is 6. The third kappa shape index (κ3) is 5.67. The number of hydrogen-bond acceptors (Lipinski definition) is 7. The van der Waals surface area contributed by atoms with Crippen LogP contribution >= 0.6 is 12.4 Å². The molecule has 4 heterocycles. The minimum atomic E-state index is -0.556. The van der Waals surface area contributed by atoms with Crippen molar-refractivity contribution in [3.05, 3.63) is 53.6 Å². The quantitative estimate of drug-likeness (QED) is 0.506. The fourth-order valence-corrected chi connectivity index (χ4v) is 4.75. The van der Waals surface area contributed by atoms with E-state index in [4.69, 9.17) is 9.47 Å². The first-order valence-electron chi connectivity index (χ1n) is 12.0. The van der Waals surface area contributed by atoms with Crippen molar-refractivity contribution in [2.24, 2.45) is 0 Å². The molecule has 0 saturated carbocycles. The molecule has 194 valence electrons. The molecule has 2 aromatic heterocycles. The summed E-state index contributed by atoms with van der Waals surface area (Å²) in [5.41, 5.74) is 1.81. The van der Waals surface area contributed by atoms with Gasteiger partial charge in [-0.3, -0.25) is 4.90 Å². The fourth-order valence-electron chi connectivity index (χ4n) is 4.75. The number of hydrogen-bond donors (Lipinski definition) is 1. The number of nitrogens with one attached hydrogen (secondary N) is 1. The molecule has 0 spiro atoms. The van der Waals surface area contributed by atoms with E-state index in [1.54, 1.807) is 12.3 Å². The maximum Gasteiger partial charge on any atom is 0.228 e. The molecule has 11 heteroatoms. The molecule has 5 rings (SSSR count). The Kier molecular flexibility index (Phi) is 8.50. The molecule has 0 unspecified atom stereocenters. The molecule has 0 aliphatic carbocycles. The predicted octanol–water partition coefficient (Wildman–Crippen LogP) is 4.66. The second-order valence-corrected chi connectivity index (χ2v) is 9.13. The maximum atomic E-state index is 14.9. The predicted molar refractivity (Wildman–Crippen MR) is 135 cm³/mol. The number of aryl methyl sites for hydroxylation is 1. The molecule has 2 aliphatic rings. The average molecular weight is 521 g/mol. The summed E-state index contributed by atoms with van der Waals surface area (Å²) in [5.74, 6) is -0.0666. The number of nitrogens with zero attached hydrogens (tertiary/aromatic N) is 5. The summed E-state index contributed by atoms with van der Waals surface area (Å²) in [6.45, 7) is 8.13. The standard InChI is InChI=1S/C25H30F2N6O2.ClH/c1-16-15-35-10-7-32(16)14-18-3-4-22(20(26)11-18)30-25-29-12-21(27)24(31-25)23-13-28-17(2)33(23)19-5-8-34-9-6-19;/h3-4,11-13,16,19H,5-10,14-15H2,1-2H3,(H,29,30,31);1H/t16-;/m0./s1. The highest BCUT2D eigenvalue weighted by atomic mass is 35.5. The van der Waals surface area contributed by atoms with Crippen LogP contribution in [-0.4, -0.2) is 63.4 Å². The molecule has 36 heavy (non-hydrogen) atoms. The van der Waals surface area contributed by atoms with Gasteiger partial charge in [0, 0.05) is 38.4 Å². The first kappa shape index (κ1) is 26.4. The Bertz CT molecular complexity index is 1190. The lowest BCUT2D eigenvalue weighted by molar-refractivity contribution is -0.00439. The van der Waals surface area contributed by atoms with Crippen LogP contribution in [0, 0.1) is 18.6 Å². The zero-order valence-electron chi connectivity index (χ0n) is 20.4. The van der Waals surface area contributed by atoms with Gasteiger partial charge in [0.25, 0.3) is 0 Å². The van der Waals surface area contributed by atoms with E-state index in [0.29, 0.717) is 38.7 Å². The molecule has 3 aromatic rings. The van der Waals surface area contributed by atoms with E-state index >= 15 is 0 Å². The highest BCUT2D eigenvalue weighted by Gasteiger charge is 2.24. The monoisotopic (exact) mass is 520 g/mol. The van der Waals surface area contributed by atoms with Crippen molar-refractivity contribution in [3.8, 4) is 11.4 Å². The Balaban J connectivity index is 0.00000304. The summed E-state index contributed by atoms with van der Waals surface area (Å²) in [4.78, 5) is 15.1. The molecule has 1 N–H and O–H groups in total. The molecule has 2 aliphatic heterocycles. The Morgan fingerprint density at radius 2 is 1.86 bits per heavy atom. The van der Waals surface area contributed by atoms with Crippen LogP contribution in [0.4, 0.5) is 20.4 Å². The minimum Gasteiger partial charge on any atom is -0.381 e. The van der Waals surface area contributed by atoms with E-state index in [9.17, 15) is 8.78 Å². The summed E-state index contributed by atoms with van der Waals surface area (Å²) in [6, 6.07) is 5.50. The zero-order valence-corrected chi connectivity index (χ0v) is 21.2. The molecule has 2 saturated heterocycles. The number of morpholine rings is 1. The van der Waals surface area contributed by atoms with Gasteiger partial charge in [-0.1, -0.05) is 6.07 Å². The van der Waals surface area contributed by atoms with Gasteiger partial charge >= 0.3 is 0 Å². The highest BCUT2D eigenvalue weighted by Crippen LogP contribution is 2.31. The smallest absolute Gasteiger partial charge is 0.228 e. The van der Waals surface area contributed by atoms with E-state index in [1.165, 1.54) is 6.07 Å². The fraction of sp³-hybridized carbons (Fsp3) is 0.480. The van der Waals surface area contributed by atoms with Gasteiger partial charge in [-0.05, 0) is 44.4 Å². The Labute approximate surface area is 215 Å². The van der Waals surface area contributed by atoms with Gasteiger partial charge in [-0.25, -0.2) is 23.7 Å². The van der Waals surface area contributed by atoms with Crippen molar-refractivity contribution in [1.82, 2.24) is 24.4 Å². The second kappa shape index (κ2) is 11.6. The molecule has 1 aromatic carbocycles. The summed E-state index contributed by atoms with van der Waals surface area (Å²) in [6.07, 6.45) is 4.38. The van der Waals surface area contributed by atoms with Crippen LogP contribution in [0.2, 0.25) is 0 Å². The number of benzene rings is 1. The third-order valence-corrected chi connectivity index (χ3v) is 6.70. The Morgan fingerprint density at radius 3 is 2.61 bits per heavy atom. The topological polar surface area (TPSA) is 77.3 Å². The van der Waals surface area contributed by atoms with Crippen molar-refractivity contribution in [1.29, 1.82) is 0 Å². The first-order chi connectivity index (χ1) is 17.0. The van der Waals surface area contributed by atoms with Crippen molar-refractivity contribution < 1.29 is 18.3 Å². The van der Waals surface area contributed by atoms with Crippen LogP contribution in [0.5, 0.6) is 0 Å². The SMILES string of the molecule is Cc1ncc(-c2nc(Nc3ccc(CN4CCOC[C@@H]4C)cc3F)ncc2F)n1C1CCOCC1.Cl. The molecule has 0 radical (unpaired) electrons. The van der Waals surface area contributed by atoms with Crippen molar-refractivity contribution >= 4 is 24.0 Å². The maximum absolute atomic E-state index is 14.9. The van der Waals surface area contributed by atoms with Crippen LogP contribution in [0.3, 0.4) is 0 Å². The van der Waals surface area contributed by atoms with E-state index in [-0.39, 0.29) is 41.8 Å². The lowest BCUT2D eigenvalue weighted by atomic mass is 10.1. The van der Waals surface area contributed by atoms with Crippen LogP contribution in [0.15, 0.2) is 30.6 Å². The lowest BCUT2D eigenvalue weighted by Crippen LogP contribution is -2.42. The number of anilines is 2. The van der Waals surface area contributed by atoms with Gasteiger partial charge in [0.1, 0.15) is 17.3 Å². The van der Waals surface area contributed by atoms with Gasteiger partial charge in [0.2, 0.25) is 5.95 Å². The number of ether oxygens (including phenoxy) is 2. The van der Waals surface area contributed by atoms with Crippen molar-refractivity contribution in [2.45, 2.75) is 45.3 Å².